The van der Waals surface area contributed by atoms with Crippen LogP contribution in [0, 0.1) is 18.3 Å². The zero-order valence-corrected chi connectivity index (χ0v) is 12.1. The number of aryl methyl sites for hydroxylation is 1. The molecule has 0 saturated heterocycles. The molecule has 1 aromatic heterocycles. The summed E-state index contributed by atoms with van der Waals surface area (Å²) in [5, 5.41) is 9.18. The molecule has 0 spiro atoms. The highest BCUT2D eigenvalue weighted by atomic mass is 16.5. The van der Waals surface area contributed by atoms with Crippen molar-refractivity contribution in [1.82, 2.24) is 0 Å². The standard InChI is InChI=1S/C17H13NO4/c1-11-15(17(20)21-2)9-14(22-11)8-13(10-18)16(19)12-6-4-3-5-7-12/h3-9H,1-2H3/b13-8+. The first-order valence-electron chi connectivity index (χ1n) is 6.47. The van der Waals surface area contributed by atoms with Crippen molar-refractivity contribution < 1.29 is 18.7 Å². The number of allylic oxidation sites excluding steroid dienone is 1. The van der Waals surface area contributed by atoms with E-state index >= 15 is 0 Å². The average molecular weight is 295 g/mol. The molecule has 0 aliphatic heterocycles. The summed E-state index contributed by atoms with van der Waals surface area (Å²) in [7, 11) is 1.27. The first kappa shape index (κ1) is 15.3. The third-order valence-electron chi connectivity index (χ3n) is 3.03. The van der Waals surface area contributed by atoms with Crippen molar-refractivity contribution in [3.63, 3.8) is 0 Å². The lowest BCUT2D eigenvalue weighted by Crippen LogP contribution is -2.01. The number of benzene rings is 1. The lowest BCUT2D eigenvalue weighted by molar-refractivity contribution is 0.0598. The molecule has 0 radical (unpaired) electrons. The van der Waals surface area contributed by atoms with Gasteiger partial charge in [0.15, 0.2) is 0 Å². The molecule has 0 fully saturated rings. The van der Waals surface area contributed by atoms with Crippen LogP contribution in [0.4, 0.5) is 0 Å². The van der Waals surface area contributed by atoms with Gasteiger partial charge in [-0.3, -0.25) is 4.79 Å². The van der Waals surface area contributed by atoms with Crippen LogP contribution in [0.15, 0.2) is 46.4 Å². The predicted molar refractivity (Wildman–Crippen MR) is 79.1 cm³/mol. The highest BCUT2D eigenvalue weighted by Gasteiger charge is 2.17. The molecule has 22 heavy (non-hydrogen) atoms. The van der Waals surface area contributed by atoms with Gasteiger partial charge in [-0.15, -0.1) is 0 Å². The maximum atomic E-state index is 12.2. The largest absolute Gasteiger partial charge is 0.465 e. The van der Waals surface area contributed by atoms with Crippen molar-refractivity contribution in [2.45, 2.75) is 6.92 Å². The Kier molecular flexibility index (Phi) is 4.54. The molecular weight excluding hydrogens is 282 g/mol. The summed E-state index contributed by atoms with van der Waals surface area (Å²) in [6.07, 6.45) is 1.31. The number of methoxy groups -OCH3 is 1. The van der Waals surface area contributed by atoms with Crippen molar-refractivity contribution in [3.05, 3.63) is 64.6 Å². The summed E-state index contributed by atoms with van der Waals surface area (Å²) in [5.41, 5.74) is 0.598. The molecule has 0 aliphatic rings. The predicted octanol–water partition coefficient (Wildman–Crippen LogP) is 3.16. The van der Waals surface area contributed by atoms with E-state index in [1.165, 1.54) is 19.3 Å². The van der Waals surface area contributed by atoms with E-state index < -0.39 is 11.8 Å². The number of carbonyl (C=O) groups excluding carboxylic acids is 2. The fraction of sp³-hybridized carbons (Fsp3) is 0.118. The second-order valence-electron chi connectivity index (χ2n) is 4.48. The van der Waals surface area contributed by atoms with Crippen LogP contribution in [0.25, 0.3) is 6.08 Å². The average Bonchev–Trinajstić information content (AvgIpc) is 2.92. The minimum absolute atomic E-state index is 0.0728. The second kappa shape index (κ2) is 6.55. The highest BCUT2D eigenvalue weighted by molar-refractivity contribution is 6.13. The minimum Gasteiger partial charge on any atom is -0.465 e. The number of furan rings is 1. The maximum absolute atomic E-state index is 12.2. The maximum Gasteiger partial charge on any atom is 0.341 e. The fourth-order valence-corrected chi connectivity index (χ4v) is 1.92. The van der Waals surface area contributed by atoms with Crippen LogP contribution in [0.2, 0.25) is 0 Å². The molecule has 0 amide bonds. The zero-order chi connectivity index (χ0) is 16.1. The van der Waals surface area contributed by atoms with E-state index in [-0.39, 0.29) is 16.9 Å². The molecule has 110 valence electrons. The number of nitriles is 1. The molecule has 0 aliphatic carbocycles. The molecule has 0 unspecified atom stereocenters. The highest BCUT2D eigenvalue weighted by Crippen LogP contribution is 2.19. The summed E-state index contributed by atoms with van der Waals surface area (Å²) in [6, 6.07) is 11.8. The van der Waals surface area contributed by atoms with Gasteiger partial charge < -0.3 is 9.15 Å². The summed E-state index contributed by atoms with van der Waals surface area (Å²) >= 11 is 0. The van der Waals surface area contributed by atoms with Gasteiger partial charge in [0, 0.05) is 11.6 Å². The van der Waals surface area contributed by atoms with Gasteiger partial charge in [0.2, 0.25) is 5.78 Å². The van der Waals surface area contributed by atoms with E-state index in [1.54, 1.807) is 37.3 Å². The van der Waals surface area contributed by atoms with Gasteiger partial charge in [0.25, 0.3) is 0 Å². The Morgan fingerprint density at radius 1 is 1.27 bits per heavy atom. The number of hydrogen-bond acceptors (Lipinski definition) is 5. The number of esters is 1. The van der Waals surface area contributed by atoms with Crippen LogP contribution >= 0.6 is 0 Å². The number of nitrogens with zero attached hydrogens (tertiary/aromatic N) is 1. The first-order valence-corrected chi connectivity index (χ1v) is 6.47. The van der Waals surface area contributed by atoms with Crippen molar-refractivity contribution in [2.75, 3.05) is 7.11 Å². The van der Waals surface area contributed by atoms with Gasteiger partial charge in [-0.2, -0.15) is 5.26 Å². The summed E-state index contributed by atoms with van der Waals surface area (Å²) in [5.74, 6) is -0.327. The van der Waals surface area contributed by atoms with Gasteiger partial charge in [0.1, 0.15) is 28.7 Å². The van der Waals surface area contributed by atoms with Gasteiger partial charge in [0.05, 0.1) is 7.11 Å². The van der Waals surface area contributed by atoms with Crippen molar-refractivity contribution in [3.8, 4) is 6.07 Å². The van der Waals surface area contributed by atoms with Gasteiger partial charge in [-0.25, -0.2) is 4.79 Å². The third kappa shape index (κ3) is 3.13. The Morgan fingerprint density at radius 2 is 1.95 bits per heavy atom. The van der Waals surface area contributed by atoms with Crippen molar-refractivity contribution in [1.29, 1.82) is 5.26 Å². The first-order chi connectivity index (χ1) is 10.6. The lowest BCUT2D eigenvalue weighted by Gasteiger charge is -1.97. The van der Waals surface area contributed by atoms with Gasteiger partial charge in [-0.05, 0) is 13.0 Å². The Bertz CT molecular complexity index is 779. The zero-order valence-electron chi connectivity index (χ0n) is 12.1. The molecule has 0 saturated carbocycles. The van der Waals surface area contributed by atoms with E-state index in [0.29, 0.717) is 11.3 Å². The van der Waals surface area contributed by atoms with Gasteiger partial charge >= 0.3 is 5.97 Å². The minimum atomic E-state index is -0.534. The normalized spacial score (nSPS) is 10.9. The number of Topliss-reactive ketones (excluding diaryl/α,β-unsaturated/α-hetero) is 1. The summed E-state index contributed by atoms with van der Waals surface area (Å²) in [6.45, 7) is 1.61. The lowest BCUT2D eigenvalue weighted by atomic mass is 10.0. The molecular formula is C17H13NO4. The Morgan fingerprint density at radius 3 is 2.55 bits per heavy atom. The molecule has 5 nitrogen and oxygen atoms in total. The van der Waals surface area contributed by atoms with E-state index in [0.717, 1.165) is 0 Å². The van der Waals surface area contributed by atoms with Gasteiger partial charge in [-0.1, -0.05) is 30.3 Å². The molecule has 5 heteroatoms. The van der Waals surface area contributed by atoms with Crippen molar-refractivity contribution >= 4 is 17.8 Å². The molecule has 2 rings (SSSR count). The van der Waals surface area contributed by atoms with Crippen LogP contribution in [0.1, 0.15) is 32.2 Å². The molecule has 0 N–H and O–H groups in total. The number of ether oxygens (including phenoxy) is 1. The molecule has 0 bridgehead atoms. The topological polar surface area (TPSA) is 80.3 Å². The monoisotopic (exact) mass is 295 g/mol. The molecule has 1 aromatic carbocycles. The van der Waals surface area contributed by atoms with E-state index in [2.05, 4.69) is 4.74 Å². The number of carbonyl (C=O) groups is 2. The number of hydrogen-bond donors (Lipinski definition) is 0. The van der Waals surface area contributed by atoms with Crippen LogP contribution in [0.5, 0.6) is 0 Å². The van der Waals surface area contributed by atoms with Crippen LogP contribution < -0.4 is 0 Å². The van der Waals surface area contributed by atoms with Crippen molar-refractivity contribution in [2.24, 2.45) is 0 Å². The fourth-order valence-electron chi connectivity index (χ4n) is 1.92. The SMILES string of the molecule is COC(=O)c1cc(/C=C(\C#N)C(=O)c2ccccc2)oc1C. The quantitative estimate of drug-likeness (QED) is 0.374. The van der Waals surface area contributed by atoms with Crippen LogP contribution in [0.3, 0.4) is 0 Å². The van der Waals surface area contributed by atoms with Crippen LogP contribution in [-0.4, -0.2) is 18.9 Å². The van der Waals surface area contributed by atoms with E-state index in [9.17, 15) is 14.9 Å². The van der Waals surface area contributed by atoms with E-state index in [4.69, 9.17) is 4.42 Å². The summed E-state index contributed by atoms with van der Waals surface area (Å²) in [4.78, 5) is 23.8. The Hall–Kier alpha value is -3.13. The van der Waals surface area contributed by atoms with Crippen LogP contribution in [-0.2, 0) is 4.74 Å². The third-order valence-corrected chi connectivity index (χ3v) is 3.03. The smallest absolute Gasteiger partial charge is 0.341 e. The molecule has 2 aromatic rings. The number of rotatable bonds is 4. The summed E-state index contributed by atoms with van der Waals surface area (Å²) < 4.78 is 10.0. The molecule has 1 heterocycles. The van der Waals surface area contributed by atoms with E-state index in [1.807, 2.05) is 6.07 Å². The molecule has 0 atom stereocenters. The number of ketones is 1. The Labute approximate surface area is 127 Å². The second-order valence-corrected chi connectivity index (χ2v) is 4.48. The Balaban J connectivity index is 2.36.